The monoisotopic (exact) mass is 794 g/mol. The first kappa shape index (κ1) is 33.7. The number of rotatable bonds is 5. The third-order valence-electron chi connectivity index (χ3n) is 12.4. The first-order chi connectivity index (χ1) is 29.2. The number of furan rings is 1. The van der Waals surface area contributed by atoms with Gasteiger partial charge in [-0.1, -0.05) is 128 Å². The average molecular weight is 795 g/mol. The van der Waals surface area contributed by atoms with Crippen LogP contribution in [0.2, 0.25) is 0 Å². The van der Waals surface area contributed by atoms with Gasteiger partial charge in [0.25, 0.3) is 0 Å². The van der Waals surface area contributed by atoms with E-state index in [0.717, 1.165) is 69.8 Å². The van der Waals surface area contributed by atoms with E-state index >= 15 is 0 Å². The highest BCUT2D eigenvalue weighted by Gasteiger charge is 2.49. The number of anilines is 5. The summed E-state index contributed by atoms with van der Waals surface area (Å²) in [5.74, 6) is 1.68. The Kier molecular flexibility index (Phi) is 7.34. The van der Waals surface area contributed by atoms with Gasteiger partial charge in [-0.15, -0.1) is 0 Å². The van der Waals surface area contributed by atoms with Crippen molar-refractivity contribution in [2.45, 2.75) is 45.8 Å². The third kappa shape index (κ3) is 4.89. The lowest BCUT2D eigenvalue weighted by molar-refractivity contribution is 0.477. The number of para-hydroxylation sites is 4. The van der Waals surface area contributed by atoms with Crippen molar-refractivity contribution in [3.05, 3.63) is 163 Å². The van der Waals surface area contributed by atoms with Gasteiger partial charge in [-0.05, 0) is 107 Å². The molecule has 0 N–H and O–H groups in total. The van der Waals surface area contributed by atoms with Gasteiger partial charge in [0.15, 0.2) is 17.1 Å². The Morgan fingerprint density at radius 3 is 2.19 bits per heavy atom. The molecule has 7 heteroatoms. The van der Waals surface area contributed by atoms with E-state index in [0.29, 0.717) is 0 Å². The summed E-state index contributed by atoms with van der Waals surface area (Å²) in [6, 6.07) is 57.9. The molecule has 0 unspecified atom stereocenters. The number of hydrogen-bond donors (Lipinski definition) is 0. The van der Waals surface area contributed by atoms with Crippen LogP contribution in [0.3, 0.4) is 0 Å². The normalized spacial score (nSPS) is 13.9. The molecule has 0 spiro atoms. The Morgan fingerprint density at radius 2 is 1.32 bits per heavy atom. The van der Waals surface area contributed by atoms with Gasteiger partial charge in [0.1, 0.15) is 5.58 Å². The van der Waals surface area contributed by atoms with Crippen LogP contribution in [-0.2, 0) is 6.42 Å². The lowest BCUT2D eigenvalue weighted by Crippen LogP contribution is -2.62. The molecule has 280 valence electrons. The van der Waals surface area contributed by atoms with E-state index < -0.39 is 0 Å². The van der Waals surface area contributed by atoms with Gasteiger partial charge in [-0.25, -0.2) is 0 Å². The fourth-order valence-corrected chi connectivity index (χ4v) is 12.1. The summed E-state index contributed by atoms with van der Waals surface area (Å²) < 4.78 is 13.9. The summed E-state index contributed by atoms with van der Waals surface area (Å²) in [6.07, 6.45) is 3.36. The second-order valence-corrected chi connectivity index (χ2v) is 18.0. The summed E-state index contributed by atoms with van der Waals surface area (Å²) in [7, 11) is 0. The highest BCUT2D eigenvalue weighted by molar-refractivity contribution is 8.05. The molecule has 0 bridgehead atoms. The molecule has 0 saturated heterocycles. The van der Waals surface area contributed by atoms with Crippen LogP contribution in [0.15, 0.2) is 182 Å². The Hall–Kier alpha value is -6.28. The van der Waals surface area contributed by atoms with Crippen molar-refractivity contribution in [3.8, 4) is 33.8 Å². The Balaban J connectivity index is 1.18. The molecule has 9 aromatic rings. The molecule has 13 rings (SSSR count). The zero-order chi connectivity index (χ0) is 38.8. The molecule has 59 heavy (non-hydrogen) atoms. The van der Waals surface area contributed by atoms with Gasteiger partial charge in [0, 0.05) is 52.9 Å². The topological polar surface area (TPSA) is 28.9 Å². The molecule has 0 aliphatic carbocycles. The number of fused-ring (bicyclic) bond motifs is 12. The smallest absolute Gasteiger partial charge is 0.333 e. The maximum atomic E-state index is 7.05. The van der Waals surface area contributed by atoms with E-state index in [-0.39, 0.29) is 6.85 Å². The molecule has 0 fully saturated rings. The fourth-order valence-electron chi connectivity index (χ4n) is 9.85. The molecule has 0 radical (unpaired) electrons. The van der Waals surface area contributed by atoms with Gasteiger partial charge in [-0.3, -0.25) is 0 Å². The maximum absolute atomic E-state index is 7.05. The number of benzene rings is 8. The molecule has 4 nitrogen and oxygen atoms in total. The standard InChI is InChI=1S/C52H35BN2O2S2/c1-2-3-14-31-25-26-39(34(27-31)32-15-5-4-6-16-32)55-41-30-48-47(58-45-23-11-12-24-46(45)59-48)29-35(41)36-28-37-33-17-7-9-20-42(33)57-52(37)51-49(36)53(55)38-18-13-22-44-50(38)54(51)40-19-8-10-21-43(40)56-44/h4-13,15-30H,2-3,14H2,1H3. The van der Waals surface area contributed by atoms with Crippen molar-refractivity contribution < 1.29 is 9.15 Å². The van der Waals surface area contributed by atoms with Crippen molar-refractivity contribution in [1.82, 2.24) is 0 Å². The van der Waals surface area contributed by atoms with Crippen LogP contribution in [0.25, 0.3) is 44.2 Å². The predicted molar refractivity (Wildman–Crippen MR) is 246 cm³/mol. The van der Waals surface area contributed by atoms with Crippen LogP contribution in [0, 0.1) is 0 Å². The van der Waals surface area contributed by atoms with Crippen molar-refractivity contribution in [1.29, 1.82) is 0 Å². The van der Waals surface area contributed by atoms with Gasteiger partial charge in [0.2, 0.25) is 0 Å². The van der Waals surface area contributed by atoms with Gasteiger partial charge < -0.3 is 18.9 Å². The van der Waals surface area contributed by atoms with Gasteiger partial charge in [0.05, 0.1) is 17.1 Å². The summed E-state index contributed by atoms with van der Waals surface area (Å²) in [4.78, 5) is 10.3. The third-order valence-corrected chi connectivity index (χ3v) is 15.0. The molecule has 1 aromatic heterocycles. The van der Waals surface area contributed by atoms with Crippen molar-refractivity contribution in [2.75, 3.05) is 9.71 Å². The number of unbranched alkanes of at least 4 members (excludes halogenated alkanes) is 1. The molecule has 0 saturated carbocycles. The Morgan fingerprint density at radius 1 is 0.559 bits per heavy atom. The summed E-state index contributed by atoms with van der Waals surface area (Å²) in [6.45, 7) is 2.08. The minimum atomic E-state index is -0.194. The summed E-state index contributed by atoms with van der Waals surface area (Å²) >= 11 is 3.76. The van der Waals surface area contributed by atoms with E-state index in [1.807, 2.05) is 23.5 Å². The number of aryl methyl sites for hydroxylation is 1. The maximum Gasteiger partial charge on any atom is 0.333 e. The molecule has 0 amide bonds. The Labute approximate surface area is 351 Å². The fraction of sp³-hybridized carbons (Fsp3) is 0.0769. The SMILES string of the molecule is CCCCc1ccc(N2B3c4cccc5c4N(c4ccccc4O5)c4c3c(cc3c4oc4ccccc43)-c3cc4c(cc32)Sc2ccccc2S4)c(-c2ccccc2)c1. The second-order valence-electron chi connectivity index (χ2n) is 15.8. The van der Waals surface area contributed by atoms with E-state index in [1.165, 1.54) is 69.7 Å². The van der Waals surface area contributed by atoms with E-state index in [4.69, 9.17) is 9.15 Å². The van der Waals surface area contributed by atoms with Gasteiger partial charge >= 0.3 is 6.85 Å². The molecule has 8 aromatic carbocycles. The quantitative estimate of drug-likeness (QED) is 0.161. The van der Waals surface area contributed by atoms with Crippen molar-refractivity contribution >= 4 is 91.7 Å². The zero-order valence-electron chi connectivity index (χ0n) is 32.2. The highest BCUT2D eigenvalue weighted by Crippen LogP contribution is 2.59. The number of nitrogens with zero attached hydrogens (tertiary/aromatic N) is 2. The largest absolute Gasteiger partial charge is 0.454 e. The molecule has 4 aliphatic rings. The van der Waals surface area contributed by atoms with E-state index in [2.05, 4.69) is 174 Å². The number of ether oxygens (including phenoxy) is 1. The highest BCUT2D eigenvalue weighted by atomic mass is 32.2. The van der Waals surface area contributed by atoms with Crippen LogP contribution in [0.1, 0.15) is 25.3 Å². The lowest BCUT2D eigenvalue weighted by Gasteiger charge is -2.47. The molecule has 5 heterocycles. The average Bonchev–Trinajstić information content (AvgIpc) is 3.66. The Bertz CT molecular complexity index is 3230. The van der Waals surface area contributed by atoms with Crippen LogP contribution >= 0.6 is 23.5 Å². The minimum Gasteiger partial charge on any atom is -0.454 e. The molecule has 0 atom stereocenters. The minimum absolute atomic E-state index is 0.194. The zero-order valence-corrected chi connectivity index (χ0v) is 33.9. The van der Waals surface area contributed by atoms with Crippen molar-refractivity contribution in [2.24, 2.45) is 0 Å². The summed E-state index contributed by atoms with van der Waals surface area (Å²) in [5, 5.41) is 2.24. The van der Waals surface area contributed by atoms with Gasteiger partial charge in [-0.2, -0.15) is 0 Å². The summed E-state index contributed by atoms with van der Waals surface area (Å²) in [5.41, 5.74) is 16.0. The van der Waals surface area contributed by atoms with Crippen molar-refractivity contribution in [3.63, 3.8) is 0 Å². The van der Waals surface area contributed by atoms with Crippen LogP contribution in [0.4, 0.5) is 28.4 Å². The first-order valence-corrected chi connectivity index (χ1v) is 22.1. The predicted octanol–water partition coefficient (Wildman–Crippen LogP) is 14.0. The molecular formula is C52H35BN2O2S2. The lowest BCUT2D eigenvalue weighted by atomic mass is 9.43. The van der Waals surface area contributed by atoms with Crippen LogP contribution in [0.5, 0.6) is 11.5 Å². The second kappa shape index (κ2) is 12.9. The number of hydrogen-bond acceptors (Lipinski definition) is 6. The van der Waals surface area contributed by atoms with E-state index in [9.17, 15) is 0 Å². The first-order valence-electron chi connectivity index (χ1n) is 20.5. The van der Waals surface area contributed by atoms with E-state index in [1.54, 1.807) is 0 Å². The molecule has 4 aliphatic heterocycles. The van der Waals surface area contributed by atoms with Crippen LogP contribution in [-0.4, -0.2) is 6.85 Å². The van der Waals surface area contributed by atoms with Crippen LogP contribution < -0.4 is 25.4 Å². The molecular weight excluding hydrogens is 760 g/mol.